The van der Waals surface area contributed by atoms with Gasteiger partial charge < -0.3 is 0 Å². The highest BCUT2D eigenvalue weighted by molar-refractivity contribution is 5.61. The Labute approximate surface area is 74.2 Å². The molecule has 1 aromatic rings. The van der Waals surface area contributed by atoms with Crippen LogP contribution in [0.15, 0.2) is 18.8 Å². The van der Waals surface area contributed by atoms with E-state index in [-0.39, 0.29) is 0 Å². The zero-order valence-electron chi connectivity index (χ0n) is 8.02. The van der Waals surface area contributed by atoms with Crippen molar-refractivity contribution in [1.29, 1.82) is 0 Å². The number of pyridine rings is 1. The lowest BCUT2D eigenvalue weighted by atomic mass is 10.1. The first-order valence-electron chi connectivity index (χ1n) is 4.26. The van der Waals surface area contributed by atoms with Gasteiger partial charge in [0.25, 0.3) is 0 Å². The molecule has 0 N–H and O–H groups in total. The monoisotopic (exact) mass is 161 g/mol. The topological polar surface area (TPSA) is 12.9 Å². The van der Waals surface area contributed by atoms with Crippen LogP contribution < -0.4 is 0 Å². The van der Waals surface area contributed by atoms with Gasteiger partial charge in [-0.05, 0) is 43.0 Å². The highest BCUT2D eigenvalue weighted by Gasteiger charge is 1.99. The lowest BCUT2D eigenvalue weighted by molar-refractivity contribution is 1.04. The molecule has 0 saturated heterocycles. The maximum absolute atomic E-state index is 4.31. The van der Waals surface area contributed by atoms with Gasteiger partial charge in [0.2, 0.25) is 0 Å². The largest absolute Gasteiger partial charge is 0.261 e. The van der Waals surface area contributed by atoms with Gasteiger partial charge in [-0.15, -0.1) is 0 Å². The van der Waals surface area contributed by atoms with Crippen LogP contribution in [0.4, 0.5) is 0 Å². The summed E-state index contributed by atoms with van der Waals surface area (Å²) in [6.07, 6.45) is 2.93. The van der Waals surface area contributed by atoms with Gasteiger partial charge >= 0.3 is 0 Å². The molecule has 0 saturated carbocycles. The van der Waals surface area contributed by atoms with E-state index >= 15 is 0 Å². The normalized spacial score (nSPS) is 9.92. The van der Waals surface area contributed by atoms with Crippen molar-refractivity contribution in [2.75, 3.05) is 0 Å². The molecule has 64 valence electrons. The fourth-order valence-electron chi connectivity index (χ4n) is 1.17. The van der Waals surface area contributed by atoms with Crippen molar-refractivity contribution in [2.45, 2.75) is 27.2 Å². The Kier molecular flexibility index (Phi) is 2.64. The van der Waals surface area contributed by atoms with Crippen LogP contribution in [0.3, 0.4) is 0 Å². The summed E-state index contributed by atoms with van der Waals surface area (Å²) < 4.78 is 0. The summed E-state index contributed by atoms with van der Waals surface area (Å²) >= 11 is 0. The maximum Gasteiger partial charge on any atom is 0.0404 e. The van der Waals surface area contributed by atoms with Gasteiger partial charge in [-0.25, -0.2) is 0 Å². The molecule has 0 spiro atoms. The second-order valence-corrected chi connectivity index (χ2v) is 3.10. The summed E-state index contributed by atoms with van der Waals surface area (Å²) in [5.74, 6) is 0. The summed E-state index contributed by atoms with van der Waals surface area (Å²) in [6.45, 7) is 10.1. The lowest BCUT2D eigenvalue weighted by Crippen LogP contribution is -1.92. The zero-order valence-corrected chi connectivity index (χ0v) is 8.02. The average Bonchev–Trinajstić information content (AvgIpc) is 2.05. The molecule has 1 nitrogen and oxygen atoms in total. The standard InChI is InChI=1S/C11H15N/c1-5-10-6-11(8(2)3)7-12-9(10)4/h6-7H,2,5H2,1,3-4H3. The van der Waals surface area contributed by atoms with E-state index in [1.165, 1.54) is 5.56 Å². The molecule has 0 atom stereocenters. The third-order valence-corrected chi connectivity index (χ3v) is 2.07. The summed E-state index contributed by atoms with van der Waals surface area (Å²) in [6, 6.07) is 2.17. The van der Waals surface area contributed by atoms with Crippen molar-refractivity contribution in [1.82, 2.24) is 4.98 Å². The molecule has 0 aliphatic carbocycles. The van der Waals surface area contributed by atoms with E-state index in [2.05, 4.69) is 24.6 Å². The molecule has 1 heteroatoms. The predicted octanol–water partition coefficient (Wildman–Crippen LogP) is 2.99. The van der Waals surface area contributed by atoms with Crippen LogP contribution in [0.2, 0.25) is 0 Å². The second-order valence-electron chi connectivity index (χ2n) is 3.10. The molecule has 0 aliphatic heterocycles. The van der Waals surface area contributed by atoms with Crippen molar-refractivity contribution in [3.63, 3.8) is 0 Å². The van der Waals surface area contributed by atoms with E-state index in [9.17, 15) is 0 Å². The van der Waals surface area contributed by atoms with Crippen LogP contribution in [0.1, 0.15) is 30.7 Å². The van der Waals surface area contributed by atoms with Gasteiger partial charge in [-0.3, -0.25) is 4.98 Å². The van der Waals surface area contributed by atoms with Gasteiger partial charge in [0.15, 0.2) is 0 Å². The summed E-state index contributed by atoms with van der Waals surface area (Å²) in [5, 5.41) is 0. The van der Waals surface area contributed by atoms with Crippen molar-refractivity contribution in [2.24, 2.45) is 0 Å². The third-order valence-electron chi connectivity index (χ3n) is 2.07. The molecule has 0 aliphatic rings. The Morgan fingerprint density at radius 2 is 2.25 bits per heavy atom. The lowest BCUT2D eigenvalue weighted by Gasteiger charge is -2.05. The summed E-state index contributed by atoms with van der Waals surface area (Å²) in [4.78, 5) is 4.31. The van der Waals surface area contributed by atoms with Crippen LogP contribution in [0, 0.1) is 6.92 Å². The summed E-state index contributed by atoms with van der Waals surface area (Å²) in [7, 11) is 0. The molecule has 12 heavy (non-hydrogen) atoms. The highest BCUT2D eigenvalue weighted by atomic mass is 14.7. The number of allylic oxidation sites excluding steroid dienone is 1. The van der Waals surface area contributed by atoms with Gasteiger partial charge in [0.1, 0.15) is 0 Å². The van der Waals surface area contributed by atoms with E-state index in [0.717, 1.165) is 23.3 Å². The van der Waals surface area contributed by atoms with Crippen molar-refractivity contribution >= 4 is 5.57 Å². The average molecular weight is 161 g/mol. The summed E-state index contributed by atoms with van der Waals surface area (Å²) in [5.41, 5.74) is 4.67. The first kappa shape index (κ1) is 8.98. The molecule has 1 aromatic heterocycles. The number of aryl methyl sites for hydroxylation is 2. The maximum atomic E-state index is 4.31. The molecule has 0 amide bonds. The Bertz CT molecular complexity index is 300. The molecular formula is C11H15N. The molecule has 0 bridgehead atoms. The number of hydrogen-bond acceptors (Lipinski definition) is 1. The van der Waals surface area contributed by atoms with E-state index < -0.39 is 0 Å². The minimum atomic E-state index is 1.04. The van der Waals surface area contributed by atoms with Gasteiger partial charge in [0.05, 0.1) is 0 Å². The molecule has 0 fully saturated rings. The molecule has 1 heterocycles. The zero-order chi connectivity index (χ0) is 9.14. The molecule has 1 rings (SSSR count). The first-order chi connectivity index (χ1) is 5.65. The Morgan fingerprint density at radius 3 is 2.75 bits per heavy atom. The van der Waals surface area contributed by atoms with Crippen LogP contribution >= 0.6 is 0 Å². The Balaban J connectivity index is 3.13. The Morgan fingerprint density at radius 1 is 1.58 bits per heavy atom. The first-order valence-corrected chi connectivity index (χ1v) is 4.26. The van der Waals surface area contributed by atoms with Crippen LogP contribution in [-0.2, 0) is 6.42 Å². The molecule has 0 aromatic carbocycles. The number of rotatable bonds is 2. The fraction of sp³-hybridized carbons (Fsp3) is 0.364. The van der Waals surface area contributed by atoms with Crippen LogP contribution in [0.5, 0.6) is 0 Å². The predicted molar refractivity (Wildman–Crippen MR) is 53.1 cm³/mol. The highest BCUT2D eigenvalue weighted by Crippen LogP contribution is 2.14. The second kappa shape index (κ2) is 3.53. The van der Waals surface area contributed by atoms with Gasteiger partial charge in [0, 0.05) is 11.9 Å². The number of nitrogens with zero attached hydrogens (tertiary/aromatic N) is 1. The van der Waals surface area contributed by atoms with Crippen molar-refractivity contribution < 1.29 is 0 Å². The van der Waals surface area contributed by atoms with E-state index in [1.54, 1.807) is 0 Å². The minimum Gasteiger partial charge on any atom is -0.261 e. The van der Waals surface area contributed by atoms with E-state index in [4.69, 9.17) is 0 Å². The molecule has 0 unspecified atom stereocenters. The van der Waals surface area contributed by atoms with Crippen LogP contribution in [0.25, 0.3) is 5.57 Å². The van der Waals surface area contributed by atoms with Crippen molar-refractivity contribution in [3.8, 4) is 0 Å². The van der Waals surface area contributed by atoms with E-state index in [0.29, 0.717) is 0 Å². The minimum absolute atomic E-state index is 1.04. The smallest absolute Gasteiger partial charge is 0.0404 e. The van der Waals surface area contributed by atoms with Crippen molar-refractivity contribution in [3.05, 3.63) is 35.7 Å². The quantitative estimate of drug-likeness (QED) is 0.649. The van der Waals surface area contributed by atoms with Gasteiger partial charge in [-0.2, -0.15) is 0 Å². The SMILES string of the molecule is C=C(C)c1cnc(C)c(CC)c1. The fourth-order valence-corrected chi connectivity index (χ4v) is 1.17. The number of hydrogen-bond donors (Lipinski definition) is 0. The van der Waals surface area contributed by atoms with Crippen LogP contribution in [-0.4, -0.2) is 4.98 Å². The third kappa shape index (κ3) is 1.73. The Hall–Kier alpha value is -1.11. The van der Waals surface area contributed by atoms with Gasteiger partial charge in [-0.1, -0.05) is 13.5 Å². The van der Waals surface area contributed by atoms with E-state index in [1.807, 2.05) is 20.0 Å². The molecule has 0 radical (unpaired) electrons. The number of aromatic nitrogens is 1. The molecular weight excluding hydrogens is 146 g/mol.